The van der Waals surface area contributed by atoms with Crippen molar-refractivity contribution in [1.82, 2.24) is 9.97 Å². The van der Waals surface area contributed by atoms with Gasteiger partial charge < -0.3 is 9.40 Å². The molecule has 0 radical (unpaired) electrons. The molecule has 74 valence electrons. The second-order valence-electron chi connectivity index (χ2n) is 3.17. The molecule has 0 saturated heterocycles. The third kappa shape index (κ3) is 1.20. The number of aromatic amines is 1. The maximum absolute atomic E-state index is 11.6. The molecule has 0 aliphatic carbocycles. The lowest BCUT2D eigenvalue weighted by Gasteiger charge is -1.98. The first kappa shape index (κ1) is 8.67. The number of H-pyrrole nitrogens is 1. The summed E-state index contributed by atoms with van der Waals surface area (Å²) < 4.78 is 6.11. The number of hydrogen-bond acceptors (Lipinski definition) is 3. The minimum Gasteiger partial charge on any atom is -0.443 e. The van der Waals surface area contributed by atoms with Gasteiger partial charge in [-0.1, -0.05) is 15.9 Å². The van der Waals surface area contributed by atoms with Gasteiger partial charge in [0.15, 0.2) is 17.5 Å². The fraction of sp³-hybridized carbons (Fsp3) is 0. The predicted octanol–water partition coefficient (Wildman–Crippen LogP) is 2.43. The summed E-state index contributed by atoms with van der Waals surface area (Å²) in [4.78, 5) is 18.2. The molecule has 0 unspecified atom stereocenters. The van der Waals surface area contributed by atoms with Crippen molar-refractivity contribution >= 4 is 37.9 Å². The van der Waals surface area contributed by atoms with Gasteiger partial charge in [-0.25, -0.2) is 4.98 Å². The van der Waals surface area contributed by atoms with Crippen LogP contribution in [0.1, 0.15) is 0 Å². The topological polar surface area (TPSA) is 58.9 Å². The van der Waals surface area contributed by atoms with E-state index in [1.165, 1.54) is 6.39 Å². The highest BCUT2D eigenvalue weighted by molar-refractivity contribution is 9.10. The summed E-state index contributed by atoms with van der Waals surface area (Å²) in [5, 5.41) is 0.852. The Morgan fingerprint density at radius 3 is 3.13 bits per heavy atom. The summed E-state index contributed by atoms with van der Waals surface area (Å²) in [6.45, 7) is 0. The van der Waals surface area contributed by atoms with E-state index in [0.29, 0.717) is 11.1 Å². The number of nitrogens with one attached hydrogen (secondary N) is 1. The molecule has 3 aromatic rings. The summed E-state index contributed by atoms with van der Waals surface area (Å²) in [5.41, 5.74) is 1.37. The van der Waals surface area contributed by atoms with Crippen molar-refractivity contribution in [3.8, 4) is 0 Å². The van der Waals surface area contributed by atoms with Crippen LogP contribution in [0, 0.1) is 0 Å². The average Bonchev–Trinajstić information content (AvgIpc) is 2.66. The van der Waals surface area contributed by atoms with Crippen molar-refractivity contribution in [1.29, 1.82) is 0 Å². The Balaban J connectivity index is 2.66. The molecule has 0 spiro atoms. The normalized spacial score (nSPS) is 11.3. The fourth-order valence-electron chi connectivity index (χ4n) is 1.60. The average molecular weight is 265 g/mol. The van der Waals surface area contributed by atoms with Crippen LogP contribution in [0.5, 0.6) is 0 Å². The third-order valence-electron chi connectivity index (χ3n) is 2.26. The molecule has 0 atom stereocenters. The SMILES string of the molecule is O=c1[nH]c2cc(Br)ccc2c2ocnc12. The first-order chi connectivity index (χ1) is 7.25. The minimum absolute atomic E-state index is 0.232. The number of aromatic nitrogens is 2. The molecule has 4 nitrogen and oxygen atoms in total. The van der Waals surface area contributed by atoms with Crippen LogP contribution in [0.25, 0.3) is 22.0 Å². The van der Waals surface area contributed by atoms with E-state index in [-0.39, 0.29) is 5.56 Å². The molecule has 3 rings (SSSR count). The lowest BCUT2D eigenvalue weighted by atomic mass is 10.2. The van der Waals surface area contributed by atoms with E-state index in [2.05, 4.69) is 25.9 Å². The van der Waals surface area contributed by atoms with Gasteiger partial charge in [-0.15, -0.1) is 0 Å². The second kappa shape index (κ2) is 2.93. The predicted molar refractivity (Wildman–Crippen MR) is 59.8 cm³/mol. The van der Waals surface area contributed by atoms with Crippen molar-refractivity contribution in [2.75, 3.05) is 0 Å². The van der Waals surface area contributed by atoms with Crippen LogP contribution < -0.4 is 5.56 Å². The number of pyridine rings is 1. The zero-order chi connectivity index (χ0) is 10.4. The van der Waals surface area contributed by atoms with E-state index >= 15 is 0 Å². The summed E-state index contributed by atoms with van der Waals surface area (Å²) in [6.07, 6.45) is 1.28. The number of hydrogen-bond donors (Lipinski definition) is 1. The van der Waals surface area contributed by atoms with Gasteiger partial charge in [-0.3, -0.25) is 4.79 Å². The van der Waals surface area contributed by atoms with Crippen molar-refractivity contribution < 1.29 is 4.42 Å². The highest BCUT2D eigenvalue weighted by Crippen LogP contribution is 2.23. The molecule has 0 saturated carbocycles. The molecule has 1 N–H and O–H groups in total. The Hall–Kier alpha value is -1.62. The smallest absolute Gasteiger partial charge is 0.278 e. The second-order valence-corrected chi connectivity index (χ2v) is 4.09. The molecule has 5 heteroatoms. The van der Waals surface area contributed by atoms with Gasteiger partial charge in [0.25, 0.3) is 5.56 Å². The number of rotatable bonds is 0. The van der Waals surface area contributed by atoms with Crippen LogP contribution in [0.15, 0.2) is 38.3 Å². The Kier molecular flexibility index (Phi) is 1.70. The molecule has 2 heterocycles. The number of halogens is 1. The number of nitrogens with zero attached hydrogens (tertiary/aromatic N) is 1. The molecular weight excluding hydrogens is 260 g/mol. The molecule has 15 heavy (non-hydrogen) atoms. The van der Waals surface area contributed by atoms with Gasteiger partial charge in [0, 0.05) is 9.86 Å². The van der Waals surface area contributed by atoms with E-state index in [4.69, 9.17) is 4.42 Å². The van der Waals surface area contributed by atoms with Crippen molar-refractivity contribution in [2.24, 2.45) is 0 Å². The number of fused-ring (bicyclic) bond motifs is 3. The maximum Gasteiger partial charge on any atom is 0.278 e. The zero-order valence-corrected chi connectivity index (χ0v) is 9.04. The van der Waals surface area contributed by atoms with Gasteiger partial charge in [0.05, 0.1) is 5.52 Å². The van der Waals surface area contributed by atoms with Crippen LogP contribution in [-0.2, 0) is 0 Å². The first-order valence-corrected chi connectivity index (χ1v) is 5.10. The zero-order valence-electron chi connectivity index (χ0n) is 7.45. The summed E-state index contributed by atoms with van der Waals surface area (Å²) in [7, 11) is 0. The van der Waals surface area contributed by atoms with E-state index in [0.717, 1.165) is 15.4 Å². The highest BCUT2D eigenvalue weighted by atomic mass is 79.9. The van der Waals surface area contributed by atoms with Gasteiger partial charge >= 0.3 is 0 Å². The largest absolute Gasteiger partial charge is 0.443 e. The third-order valence-corrected chi connectivity index (χ3v) is 2.75. The standard InChI is InChI=1S/C10H5BrN2O2/c11-5-1-2-6-7(3-5)13-10(14)8-9(6)15-4-12-8/h1-4H,(H,13,14). The monoisotopic (exact) mass is 264 g/mol. The molecule has 1 aromatic carbocycles. The first-order valence-electron chi connectivity index (χ1n) is 4.30. The van der Waals surface area contributed by atoms with Crippen molar-refractivity contribution in [2.45, 2.75) is 0 Å². The van der Waals surface area contributed by atoms with E-state index in [1.54, 1.807) is 0 Å². The van der Waals surface area contributed by atoms with E-state index in [9.17, 15) is 4.79 Å². The molecule has 0 fully saturated rings. The van der Waals surface area contributed by atoms with Crippen LogP contribution >= 0.6 is 15.9 Å². The van der Waals surface area contributed by atoms with Crippen LogP contribution in [0.3, 0.4) is 0 Å². The Morgan fingerprint density at radius 2 is 2.27 bits per heavy atom. The quantitative estimate of drug-likeness (QED) is 0.679. The van der Waals surface area contributed by atoms with Gasteiger partial charge in [0.2, 0.25) is 0 Å². The van der Waals surface area contributed by atoms with Gasteiger partial charge in [0.1, 0.15) is 0 Å². The van der Waals surface area contributed by atoms with E-state index in [1.807, 2.05) is 18.2 Å². The number of oxazole rings is 1. The molecule has 0 amide bonds. The summed E-state index contributed by atoms with van der Waals surface area (Å²) in [6, 6.07) is 5.60. The summed E-state index contributed by atoms with van der Waals surface area (Å²) in [5.74, 6) is 0. The van der Waals surface area contributed by atoms with Crippen molar-refractivity contribution in [3.05, 3.63) is 39.4 Å². The maximum atomic E-state index is 11.6. The minimum atomic E-state index is -0.232. The fourth-order valence-corrected chi connectivity index (χ4v) is 1.96. The lowest BCUT2D eigenvalue weighted by molar-refractivity contribution is 0.605. The van der Waals surface area contributed by atoms with Gasteiger partial charge in [-0.05, 0) is 18.2 Å². The lowest BCUT2D eigenvalue weighted by Crippen LogP contribution is -2.05. The van der Waals surface area contributed by atoms with Gasteiger partial charge in [-0.2, -0.15) is 0 Å². The Labute approximate surface area is 92.1 Å². The highest BCUT2D eigenvalue weighted by Gasteiger charge is 2.08. The molecule has 0 bridgehead atoms. The Bertz CT molecular complexity index is 714. The number of benzene rings is 1. The molecular formula is C10H5BrN2O2. The molecule has 0 aliphatic rings. The van der Waals surface area contributed by atoms with Crippen LogP contribution in [-0.4, -0.2) is 9.97 Å². The molecule has 2 aromatic heterocycles. The van der Waals surface area contributed by atoms with E-state index < -0.39 is 0 Å². The van der Waals surface area contributed by atoms with Crippen LogP contribution in [0.4, 0.5) is 0 Å². The van der Waals surface area contributed by atoms with Crippen molar-refractivity contribution in [3.63, 3.8) is 0 Å². The summed E-state index contributed by atoms with van der Waals surface area (Å²) >= 11 is 3.34. The molecule has 0 aliphatic heterocycles. The Morgan fingerprint density at radius 1 is 1.40 bits per heavy atom. The van der Waals surface area contributed by atoms with Crippen LogP contribution in [0.2, 0.25) is 0 Å².